The average molecular weight is 253 g/mol. The van der Waals surface area contributed by atoms with Gasteiger partial charge in [-0.25, -0.2) is 4.98 Å². The lowest BCUT2D eigenvalue weighted by Gasteiger charge is -2.29. The third-order valence-corrected chi connectivity index (χ3v) is 5.08. The van der Waals surface area contributed by atoms with Gasteiger partial charge in [0, 0.05) is 30.4 Å². The van der Waals surface area contributed by atoms with Gasteiger partial charge in [0.15, 0.2) is 0 Å². The monoisotopic (exact) mass is 253 g/mol. The van der Waals surface area contributed by atoms with Gasteiger partial charge in [0.1, 0.15) is 5.01 Å². The number of aromatic nitrogens is 1. The summed E-state index contributed by atoms with van der Waals surface area (Å²) in [5.74, 6) is 0. The molecule has 2 N–H and O–H groups in total. The van der Waals surface area contributed by atoms with Gasteiger partial charge >= 0.3 is 0 Å². The quantitative estimate of drug-likeness (QED) is 0.900. The minimum Gasteiger partial charge on any atom is -0.320 e. The molecule has 0 fully saturated rings. The first-order valence-electron chi connectivity index (χ1n) is 6.46. The van der Waals surface area contributed by atoms with Crippen LogP contribution >= 0.6 is 11.3 Å². The van der Waals surface area contributed by atoms with Gasteiger partial charge in [-0.3, -0.25) is 4.90 Å². The van der Waals surface area contributed by atoms with Gasteiger partial charge in [-0.15, -0.1) is 11.3 Å². The van der Waals surface area contributed by atoms with E-state index in [-0.39, 0.29) is 5.54 Å². The Labute approximate surface area is 108 Å². The summed E-state index contributed by atoms with van der Waals surface area (Å²) < 4.78 is 0. The molecule has 1 aliphatic rings. The number of nitrogens with two attached hydrogens (primary N) is 1. The largest absolute Gasteiger partial charge is 0.320 e. The molecular weight excluding hydrogens is 230 g/mol. The van der Waals surface area contributed by atoms with Crippen LogP contribution in [0.25, 0.3) is 0 Å². The van der Waals surface area contributed by atoms with E-state index in [1.807, 2.05) is 11.3 Å². The number of fused-ring (bicyclic) bond motifs is 1. The number of hydrogen-bond donors (Lipinski definition) is 1. The van der Waals surface area contributed by atoms with Crippen molar-refractivity contribution in [1.29, 1.82) is 0 Å². The molecule has 1 aliphatic heterocycles. The first-order valence-corrected chi connectivity index (χ1v) is 7.27. The van der Waals surface area contributed by atoms with Gasteiger partial charge in [0.2, 0.25) is 0 Å². The number of hydrogen-bond acceptors (Lipinski definition) is 4. The summed E-state index contributed by atoms with van der Waals surface area (Å²) >= 11 is 1.81. The highest BCUT2D eigenvalue weighted by Gasteiger charge is 2.28. The van der Waals surface area contributed by atoms with Crippen LogP contribution in [0.5, 0.6) is 0 Å². The molecular formula is C13H23N3S. The average Bonchev–Trinajstić information content (AvgIpc) is 2.72. The summed E-state index contributed by atoms with van der Waals surface area (Å²) in [6.45, 7) is 10.9. The fourth-order valence-electron chi connectivity index (χ4n) is 2.05. The molecule has 96 valence electrons. The predicted octanol–water partition coefficient (Wildman–Crippen LogP) is 2.49. The fraction of sp³-hybridized carbons (Fsp3) is 0.769. The van der Waals surface area contributed by atoms with Gasteiger partial charge in [-0.2, -0.15) is 0 Å². The number of nitrogens with zero attached hydrogens (tertiary/aromatic N) is 2. The molecule has 2 heterocycles. The summed E-state index contributed by atoms with van der Waals surface area (Å²) in [4.78, 5) is 8.68. The van der Waals surface area contributed by atoms with E-state index in [4.69, 9.17) is 10.7 Å². The van der Waals surface area contributed by atoms with Gasteiger partial charge in [-0.05, 0) is 27.2 Å². The van der Waals surface area contributed by atoms with Crippen molar-refractivity contribution in [2.75, 3.05) is 6.54 Å². The fourth-order valence-corrected chi connectivity index (χ4v) is 3.31. The van der Waals surface area contributed by atoms with Crippen molar-refractivity contribution in [1.82, 2.24) is 9.88 Å². The Balaban J connectivity index is 2.23. The highest BCUT2D eigenvalue weighted by molar-refractivity contribution is 7.11. The lowest BCUT2D eigenvalue weighted by Crippen LogP contribution is -2.35. The first-order chi connectivity index (χ1) is 7.94. The zero-order chi connectivity index (χ0) is 12.6. The normalized spacial score (nSPS) is 20.4. The summed E-state index contributed by atoms with van der Waals surface area (Å²) in [5.41, 5.74) is 7.30. The number of thiazole rings is 1. The molecule has 0 amide bonds. The van der Waals surface area contributed by atoms with Crippen LogP contribution < -0.4 is 5.73 Å². The SMILES string of the molecule is CCC(C)(N)c1nc2c(s1)CN(C(C)C)CC2. The minimum absolute atomic E-state index is 0.259. The maximum atomic E-state index is 6.28. The van der Waals surface area contributed by atoms with Crippen LogP contribution in [0.3, 0.4) is 0 Å². The van der Waals surface area contributed by atoms with E-state index in [1.54, 1.807) is 0 Å². The Bertz CT molecular complexity index is 395. The Kier molecular flexibility index (Phi) is 3.57. The molecule has 1 atom stereocenters. The zero-order valence-electron chi connectivity index (χ0n) is 11.3. The lowest BCUT2D eigenvalue weighted by atomic mass is 10.0. The highest BCUT2D eigenvalue weighted by atomic mass is 32.1. The van der Waals surface area contributed by atoms with Crippen molar-refractivity contribution in [3.05, 3.63) is 15.6 Å². The Morgan fingerprint density at radius 2 is 2.24 bits per heavy atom. The minimum atomic E-state index is -0.259. The van der Waals surface area contributed by atoms with Crippen LogP contribution in [-0.2, 0) is 18.5 Å². The number of rotatable bonds is 3. The maximum absolute atomic E-state index is 6.28. The van der Waals surface area contributed by atoms with Crippen LogP contribution in [-0.4, -0.2) is 22.5 Å². The van der Waals surface area contributed by atoms with Crippen molar-refractivity contribution in [3.8, 4) is 0 Å². The van der Waals surface area contributed by atoms with Gasteiger partial charge < -0.3 is 5.73 Å². The van der Waals surface area contributed by atoms with Crippen molar-refractivity contribution in [2.24, 2.45) is 5.73 Å². The molecule has 1 aromatic heterocycles. The second-order valence-corrected chi connectivity index (χ2v) is 6.56. The zero-order valence-corrected chi connectivity index (χ0v) is 12.1. The van der Waals surface area contributed by atoms with Crippen LogP contribution in [0.4, 0.5) is 0 Å². The van der Waals surface area contributed by atoms with E-state index in [1.165, 1.54) is 10.6 Å². The van der Waals surface area contributed by atoms with Crippen LogP contribution in [0, 0.1) is 0 Å². The van der Waals surface area contributed by atoms with Gasteiger partial charge in [0.25, 0.3) is 0 Å². The molecule has 1 unspecified atom stereocenters. The van der Waals surface area contributed by atoms with Crippen LogP contribution in [0.1, 0.15) is 49.7 Å². The molecule has 3 nitrogen and oxygen atoms in total. The second kappa shape index (κ2) is 4.67. The Morgan fingerprint density at radius 3 is 2.82 bits per heavy atom. The van der Waals surface area contributed by atoms with E-state index in [9.17, 15) is 0 Å². The molecule has 0 saturated carbocycles. The topological polar surface area (TPSA) is 42.1 Å². The second-order valence-electron chi connectivity index (χ2n) is 5.47. The van der Waals surface area contributed by atoms with E-state index in [0.29, 0.717) is 6.04 Å². The van der Waals surface area contributed by atoms with Crippen molar-refractivity contribution >= 4 is 11.3 Å². The molecule has 4 heteroatoms. The van der Waals surface area contributed by atoms with E-state index >= 15 is 0 Å². The molecule has 0 radical (unpaired) electrons. The third kappa shape index (κ3) is 2.54. The van der Waals surface area contributed by atoms with E-state index in [2.05, 4.69) is 32.6 Å². The molecule has 2 rings (SSSR count). The van der Waals surface area contributed by atoms with Gasteiger partial charge in [0.05, 0.1) is 11.2 Å². The standard InChI is InChI=1S/C13H23N3S/c1-5-13(4,14)12-15-10-6-7-16(9(2)3)8-11(10)17-12/h9H,5-8,14H2,1-4H3. The van der Waals surface area contributed by atoms with E-state index < -0.39 is 0 Å². The van der Waals surface area contributed by atoms with Crippen molar-refractivity contribution < 1.29 is 0 Å². The van der Waals surface area contributed by atoms with Crippen LogP contribution in [0.2, 0.25) is 0 Å². The summed E-state index contributed by atoms with van der Waals surface area (Å²) in [6.07, 6.45) is 2.01. The molecule has 0 aromatic carbocycles. The predicted molar refractivity (Wildman–Crippen MR) is 73.2 cm³/mol. The van der Waals surface area contributed by atoms with Crippen molar-refractivity contribution in [2.45, 2.75) is 58.7 Å². The highest BCUT2D eigenvalue weighted by Crippen LogP contribution is 2.32. The third-order valence-electron chi connectivity index (χ3n) is 3.71. The van der Waals surface area contributed by atoms with Crippen molar-refractivity contribution in [3.63, 3.8) is 0 Å². The summed E-state index contributed by atoms with van der Waals surface area (Å²) in [7, 11) is 0. The maximum Gasteiger partial charge on any atom is 0.113 e. The molecule has 0 aliphatic carbocycles. The molecule has 1 aromatic rings. The van der Waals surface area contributed by atoms with Gasteiger partial charge in [-0.1, -0.05) is 6.92 Å². The summed E-state index contributed by atoms with van der Waals surface area (Å²) in [6, 6.07) is 0.615. The molecule has 0 spiro atoms. The van der Waals surface area contributed by atoms with Crippen LogP contribution in [0.15, 0.2) is 0 Å². The molecule has 0 bridgehead atoms. The first kappa shape index (κ1) is 13.0. The summed E-state index contributed by atoms with van der Waals surface area (Å²) in [5, 5.41) is 1.11. The Hall–Kier alpha value is -0.450. The smallest absolute Gasteiger partial charge is 0.113 e. The van der Waals surface area contributed by atoms with E-state index in [0.717, 1.165) is 30.9 Å². The molecule has 0 saturated heterocycles. The Morgan fingerprint density at radius 1 is 1.53 bits per heavy atom. The molecule has 17 heavy (non-hydrogen) atoms. The lowest BCUT2D eigenvalue weighted by molar-refractivity contribution is 0.205.